The number of alkyl halides is 4. The summed E-state index contributed by atoms with van der Waals surface area (Å²) in [6.07, 6.45) is -5.55. The summed E-state index contributed by atoms with van der Waals surface area (Å²) in [4.78, 5) is 10.9. The van der Waals surface area contributed by atoms with E-state index >= 15 is 0 Å². The first-order valence-corrected chi connectivity index (χ1v) is 5.55. The van der Waals surface area contributed by atoms with E-state index in [0.29, 0.717) is 11.4 Å². The van der Waals surface area contributed by atoms with Gasteiger partial charge >= 0.3 is 12.3 Å². The average molecular weight is 282 g/mol. The van der Waals surface area contributed by atoms with E-state index in [9.17, 15) is 18.0 Å². The maximum absolute atomic E-state index is 11.8. The minimum atomic E-state index is -4.44. The first-order chi connectivity index (χ1) is 8.40. The van der Waals surface area contributed by atoms with Gasteiger partial charge in [0, 0.05) is 5.88 Å². The van der Waals surface area contributed by atoms with Gasteiger partial charge in [-0.3, -0.25) is 0 Å². The summed E-state index contributed by atoms with van der Waals surface area (Å²) in [5.74, 6) is 0.368. The van der Waals surface area contributed by atoms with Crippen molar-refractivity contribution >= 4 is 17.7 Å². The second-order valence-electron chi connectivity index (χ2n) is 3.49. The quantitative estimate of drug-likeness (QED) is 0.861. The molecule has 0 aromatic heterocycles. The normalized spacial score (nSPS) is 11.1. The molecule has 100 valence electrons. The lowest BCUT2D eigenvalue weighted by Gasteiger charge is -2.09. The monoisotopic (exact) mass is 281 g/mol. The van der Waals surface area contributed by atoms with Crippen LogP contribution in [0.1, 0.15) is 11.1 Å². The van der Waals surface area contributed by atoms with Gasteiger partial charge in [0.05, 0.1) is 0 Å². The van der Waals surface area contributed by atoms with Crippen molar-refractivity contribution in [3.63, 3.8) is 0 Å². The number of nitrogens with one attached hydrogen (secondary N) is 1. The highest BCUT2D eigenvalue weighted by Crippen LogP contribution is 2.12. The van der Waals surface area contributed by atoms with E-state index in [2.05, 4.69) is 4.74 Å². The Bertz CT molecular complexity index is 392. The Balaban J connectivity index is 2.33. The van der Waals surface area contributed by atoms with Crippen molar-refractivity contribution in [2.45, 2.75) is 18.7 Å². The number of benzene rings is 1. The molecule has 0 aliphatic carbocycles. The van der Waals surface area contributed by atoms with Gasteiger partial charge in [-0.15, -0.1) is 11.6 Å². The van der Waals surface area contributed by atoms with Gasteiger partial charge in [0.25, 0.3) is 0 Å². The minimum Gasteiger partial charge on any atom is -0.445 e. The SMILES string of the molecule is O=C(NCC(F)(F)F)OCc1ccc(CCl)cc1. The highest BCUT2D eigenvalue weighted by atomic mass is 35.5. The molecule has 1 N–H and O–H groups in total. The summed E-state index contributed by atoms with van der Waals surface area (Å²) in [7, 11) is 0. The van der Waals surface area contributed by atoms with Gasteiger partial charge in [0.15, 0.2) is 0 Å². The molecule has 1 aromatic rings. The van der Waals surface area contributed by atoms with Crippen molar-refractivity contribution in [2.24, 2.45) is 0 Å². The number of alkyl carbamates (subject to hydrolysis) is 1. The topological polar surface area (TPSA) is 38.3 Å². The fourth-order valence-electron chi connectivity index (χ4n) is 1.10. The van der Waals surface area contributed by atoms with Crippen LogP contribution < -0.4 is 5.32 Å². The Hall–Kier alpha value is -1.43. The molecule has 0 heterocycles. The number of halogens is 4. The molecule has 0 bridgehead atoms. The van der Waals surface area contributed by atoms with Crippen LogP contribution >= 0.6 is 11.6 Å². The van der Waals surface area contributed by atoms with E-state index in [1.54, 1.807) is 29.6 Å². The lowest BCUT2D eigenvalue weighted by molar-refractivity contribution is -0.123. The summed E-state index contributed by atoms with van der Waals surface area (Å²) in [6, 6.07) is 6.88. The molecule has 0 unspecified atom stereocenters. The highest BCUT2D eigenvalue weighted by Gasteiger charge is 2.27. The zero-order chi connectivity index (χ0) is 13.6. The van der Waals surface area contributed by atoms with Gasteiger partial charge in [-0.1, -0.05) is 24.3 Å². The molecule has 0 saturated heterocycles. The molecule has 1 amide bonds. The molecule has 0 atom stereocenters. The van der Waals surface area contributed by atoms with Crippen LogP contribution in [0.5, 0.6) is 0 Å². The van der Waals surface area contributed by atoms with E-state index in [1.807, 2.05) is 0 Å². The Morgan fingerprint density at radius 3 is 2.28 bits per heavy atom. The van der Waals surface area contributed by atoms with Crippen LogP contribution in [0, 0.1) is 0 Å². The molecule has 1 rings (SSSR count). The molecular formula is C11H11ClF3NO2. The number of carbonyl (C=O) groups excluding carboxylic acids is 1. The van der Waals surface area contributed by atoms with Gasteiger partial charge in [-0.25, -0.2) is 4.79 Å². The van der Waals surface area contributed by atoms with Crippen molar-refractivity contribution in [1.82, 2.24) is 5.32 Å². The molecule has 0 aliphatic heterocycles. The van der Waals surface area contributed by atoms with E-state index in [4.69, 9.17) is 11.6 Å². The molecule has 1 aromatic carbocycles. The number of amides is 1. The Kier molecular flexibility index (Phi) is 5.27. The molecule has 0 fully saturated rings. The summed E-state index contributed by atoms with van der Waals surface area (Å²) >= 11 is 5.59. The van der Waals surface area contributed by atoms with Crippen LogP contribution in [0.25, 0.3) is 0 Å². The van der Waals surface area contributed by atoms with E-state index in [0.717, 1.165) is 5.56 Å². The van der Waals surface area contributed by atoms with Crippen LogP contribution in [0.2, 0.25) is 0 Å². The summed E-state index contributed by atoms with van der Waals surface area (Å²) in [6.45, 7) is -1.50. The molecule has 0 spiro atoms. The van der Waals surface area contributed by atoms with Gasteiger partial charge in [0.2, 0.25) is 0 Å². The fourth-order valence-corrected chi connectivity index (χ4v) is 1.28. The molecule has 0 aliphatic rings. The molecule has 18 heavy (non-hydrogen) atoms. The van der Waals surface area contributed by atoms with Gasteiger partial charge in [-0.05, 0) is 11.1 Å². The standard InChI is InChI=1S/C11H11ClF3NO2/c12-5-8-1-3-9(4-2-8)6-18-10(17)16-7-11(13,14)15/h1-4H,5-7H2,(H,16,17). The fraction of sp³-hybridized carbons (Fsp3) is 0.364. The maximum atomic E-state index is 11.8. The molecule has 0 saturated carbocycles. The number of ether oxygens (including phenoxy) is 1. The lowest BCUT2D eigenvalue weighted by Crippen LogP contribution is -2.34. The molecule has 7 heteroatoms. The third kappa shape index (κ3) is 5.77. The largest absolute Gasteiger partial charge is 0.445 e. The second kappa shape index (κ2) is 6.49. The Labute approximate surface area is 107 Å². The van der Waals surface area contributed by atoms with Crippen LogP contribution in [-0.2, 0) is 17.2 Å². The molecule has 0 radical (unpaired) electrons. The summed E-state index contributed by atoms with van der Waals surface area (Å²) in [5, 5.41) is 1.61. The first-order valence-electron chi connectivity index (χ1n) is 5.02. The molecular weight excluding hydrogens is 271 g/mol. The van der Waals surface area contributed by atoms with Crippen LogP contribution in [-0.4, -0.2) is 18.8 Å². The van der Waals surface area contributed by atoms with Gasteiger partial charge in [-0.2, -0.15) is 13.2 Å². The summed E-state index contributed by atoms with van der Waals surface area (Å²) < 4.78 is 40.0. The minimum absolute atomic E-state index is 0.0910. The maximum Gasteiger partial charge on any atom is 0.407 e. The van der Waals surface area contributed by atoms with Crippen molar-refractivity contribution < 1.29 is 22.7 Å². The number of hydrogen-bond acceptors (Lipinski definition) is 2. The Morgan fingerprint density at radius 2 is 1.78 bits per heavy atom. The van der Waals surface area contributed by atoms with E-state index in [-0.39, 0.29) is 6.61 Å². The van der Waals surface area contributed by atoms with E-state index < -0.39 is 18.8 Å². The second-order valence-corrected chi connectivity index (χ2v) is 3.76. The zero-order valence-electron chi connectivity index (χ0n) is 9.26. The lowest BCUT2D eigenvalue weighted by atomic mass is 10.2. The zero-order valence-corrected chi connectivity index (χ0v) is 10.0. The number of hydrogen-bond donors (Lipinski definition) is 1. The van der Waals surface area contributed by atoms with Crippen molar-refractivity contribution in [1.29, 1.82) is 0 Å². The first kappa shape index (κ1) is 14.6. The third-order valence-electron chi connectivity index (χ3n) is 1.98. The average Bonchev–Trinajstić information content (AvgIpc) is 2.33. The van der Waals surface area contributed by atoms with Crippen LogP contribution in [0.3, 0.4) is 0 Å². The predicted molar refractivity (Wildman–Crippen MR) is 60.2 cm³/mol. The highest BCUT2D eigenvalue weighted by molar-refractivity contribution is 6.17. The number of carbonyl (C=O) groups is 1. The predicted octanol–water partition coefficient (Wildman–Crippen LogP) is 3.21. The van der Waals surface area contributed by atoms with Crippen molar-refractivity contribution in [3.8, 4) is 0 Å². The van der Waals surface area contributed by atoms with Crippen molar-refractivity contribution in [3.05, 3.63) is 35.4 Å². The third-order valence-corrected chi connectivity index (χ3v) is 2.29. The smallest absolute Gasteiger partial charge is 0.407 e. The van der Waals surface area contributed by atoms with E-state index in [1.165, 1.54) is 0 Å². The Morgan fingerprint density at radius 1 is 1.22 bits per heavy atom. The number of rotatable bonds is 4. The van der Waals surface area contributed by atoms with Crippen molar-refractivity contribution in [2.75, 3.05) is 6.54 Å². The molecule has 3 nitrogen and oxygen atoms in total. The summed E-state index contributed by atoms with van der Waals surface area (Å²) in [5.41, 5.74) is 1.58. The van der Waals surface area contributed by atoms with Gasteiger partial charge in [0.1, 0.15) is 13.2 Å². The van der Waals surface area contributed by atoms with Crippen LogP contribution in [0.15, 0.2) is 24.3 Å². The van der Waals surface area contributed by atoms with Crippen LogP contribution in [0.4, 0.5) is 18.0 Å². The van der Waals surface area contributed by atoms with Gasteiger partial charge < -0.3 is 10.1 Å².